The average Bonchev–Trinajstić information content (AvgIpc) is 3.04. The molecular formula is C15H22N4O4. The number of hydrogen-bond acceptors (Lipinski definition) is 7. The first-order valence-electron chi connectivity index (χ1n) is 7.86. The number of likely N-dealkylation sites (tertiary alicyclic amines) is 1. The van der Waals surface area contributed by atoms with Crippen LogP contribution in [0.1, 0.15) is 23.3 Å². The molecular weight excluding hydrogens is 300 g/mol. The van der Waals surface area contributed by atoms with Crippen LogP contribution in [-0.2, 0) is 14.2 Å². The molecule has 2 aliphatic heterocycles. The third-order valence-electron chi connectivity index (χ3n) is 4.12. The van der Waals surface area contributed by atoms with E-state index in [2.05, 4.69) is 15.5 Å². The molecule has 126 valence electrons. The molecule has 1 spiro atoms. The maximum absolute atomic E-state index is 12.5. The Morgan fingerprint density at radius 2 is 2.04 bits per heavy atom. The fourth-order valence-electron chi connectivity index (χ4n) is 2.82. The highest BCUT2D eigenvalue weighted by molar-refractivity contribution is 5.92. The number of carbonyl (C=O) groups excluding carboxylic acids is 1. The van der Waals surface area contributed by atoms with Crippen molar-refractivity contribution in [3.63, 3.8) is 0 Å². The molecule has 2 saturated heterocycles. The molecule has 3 rings (SSSR count). The summed E-state index contributed by atoms with van der Waals surface area (Å²) in [5.74, 6) is 0.0511. The number of rotatable bonds is 5. The molecule has 2 aliphatic rings. The van der Waals surface area contributed by atoms with Gasteiger partial charge in [-0.1, -0.05) is 0 Å². The Labute approximate surface area is 135 Å². The van der Waals surface area contributed by atoms with Gasteiger partial charge in [0.1, 0.15) is 5.82 Å². The van der Waals surface area contributed by atoms with Crippen molar-refractivity contribution >= 4 is 11.7 Å². The summed E-state index contributed by atoms with van der Waals surface area (Å²) in [5, 5.41) is 11.1. The molecule has 0 radical (unpaired) electrons. The minimum Gasteiger partial charge on any atom is -0.383 e. The molecule has 8 heteroatoms. The van der Waals surface area contributed by atoms with Crippen LogP contribution in [0.2, 0.25) is 0 Å². The maximum atomic E-state index is 12.5. The number of ether oxygens (including phenoxy) is 3. The normalized spacial score (nSPS) is 20.0. The zero-order chi connectivity index (χ0) is 16.1. The van der Waals surface area contributed by atoms with Gasteiger partial charge in [0.2, 0.25) is 0 Å². The second-order valence-corrected chi connectivity index (χ2v) is 5.62. The number of nitrogens with one attached hydrogen (secondary N) is 1. The van der Waals surface area contributed by atoms with Crippen molar-refractivity contribution in [2.75, 3.05) is 51.9 Å². The van der Waals surface area contributed by atoms with Crippen molar-refractivity contribution < 1.29 is 19.0 Å². The highest BCUT2D eigenvalue weighted by atomic mass is 16.7. The number of amides is 1. The molecule has 1 aromatic heterocycles. The van der Waals surface area contributed by atoms with E-state index in [0.717, 1.165) is 0 Å². The zero-order valence-electron chi connectivity index (χ0n) is 13.3. The molecule has 8 nitrogen and oxygen atoms in total. The molecule has 0 aliphatic carbocycles. The number of methoxy groups -OCH3 is 1. The molecule has 1 N–H and O–H groups in total. The maximum Gasteiger partial charge on any atom is 0.274 e. The van der Waals surface area contributed by atoms with E-state index < -0.39 is 5.79 Å². The van der Waals surface area contributed by atoms with Crippen LogP contribution in [-0.4, -0.2) is 73.4 Å². The van der Waals surface area contributed by atoms with Gasteiger partial charge in [-0.15, -0.1) is 10.2 Å². The molecule has 0 bridgehead atoms. The Morgan fingerprint density at radius 1 is 1.30 bits per heavy atom. The van der Waals surface area contributed by atoms with E-state index in [0.29, 0.717) is 63.8 Å². The van der Waals surface area contributed by atoms with Crippen LogP contribution in [0.15, 0.2) is 12.1 Å². The number of anilines is 1. The van der Waals surface area contributed by atoms with Crippen molar-refractivity contribution in [2.24, 2.45) is 0 Å². The standard InChI is InChI=1S/C15H22N4O4/c1-21-9-6-16-13-3-2-12(17-18-13)14(20)19-7-4-15(5-8-19)22-10-11-23-15/h2-3H,4-11H2,1H3,(H,16,18). The van der Waals surface area contributed by atoms with Crippen molar-refractivity contribution in [1.82, 2.24) is 15.1 Å². The summed E-state index contributed by atoms with van der Waals surface area (Å²) in [4.78, 5) is 14.3. The second kappa shape index (κ2) is 7.20. The van der Waals surface area contributed by atoms with Crippen LogP contribution in [0.25, 0.3) is 0 Å². The summed E-state index contributed by atoms with van der Waals surface area (Å²) in [5.41, 5.74) is 0.353. The number of aromatic nitrogens is 2. The van der Waals surface area contributed by atoms with Crippen LogP contribution in [0.4, 0.5) is 5.82 Å². The highest BCUT2D eigenvalue weighted by Gasteiger charge is 2.41. The van der Waals surface area contributed by atoms with Crippen molar-refractivity contribution in [1.29, 1.82) is 0 Å². The molecule has 23 heavy (non-hydrogen) atoms. The Morgan fingerprint density at radius 3 is 2.65 bits per heavy atom. The van der Waals surface area contributed by atoms with Gasteiger partial charge < -0.3 is 24.4 Å². The van der Waals surface area contributed by atoms with Crippen LogP contribution < -0.4 is 5.32 Å². The van der Waals surface area contributed by atoms with Gasteiger partial charge in [0.05, 0.1) is 19.8 Å². The van der Waals surface area contributed by atoms with Crippen LogP contribution >= 0.6 is 0 Å². The van der Waals surface area contributed by atoms with Crippen molar-refractivity contribution in [3.8, 4) is 0 Å². The molecule has 0 saturated carbocycles. The summed E-state index contributed by atoms with van der Waals surface area (Å²) in [6, 6.07) is 3.45. The van der Waals surface area contributed by atoms with Gasteiger partial charge in [-0.05, 0) is 12.1 Å². The Bertz CT molecular complexity index is 521. The lowest BCUT2D eigenvalue weighted by atomic mass is 10.0. The van der Waals surface area contributed by atoms with E-state index >= 15 is 0 Å². The average molecular weight is 322 g/mol. The zero-order valence-corrected chi connectivity index (χ0v) is 13.3. The summed E-state index contributed by atoms with van der Waals surface area (Å²) < 4.78 is 16.3. The summed E-state index contributed by atoms with van der Waals surface area (Å²) in [7, 11) is 1.64. The minimum atomic E-state index is -0.475. The Hall–Kier alpha value is -1.77. The number of nitrogens with zero attached hydrogens (tertiary/aromatic N) is 3. The van der Waals surface area contributed by atoms with Crippen molar-refractivity contribution in [3.05, 3.63) is 17.8 Å². The van der Waals surface area contributed by atoms with E-state index in [4.69, 9.17) is 14.2 Å². The molecule has 3 heterocycles. The van der Waals surface area contributed by atoms with E-state index in [1.807, 2.05) is 0 Å². The minimum absolute atomic E-state index is 0.103. The van der Waals surface area contributed by atoms with Gasteiger partial charge in [-0.25, -0.2) is 0 Å². The topological polar surface area (TPSA) is 85.8 Å². The predicted octanol–water partition coefficient (Wildman–Crippen LogP) is 0.514. The largest absolute Gasteiger partial charge is 0.383 e. The first-order chi connectivity index (χ1) is 11.2. The van der Waals surface area contributed by atoms with Gasteiger partial charge in [0.15, 0.2) is 11.5 Å². The summed E-state index contributed by atoms with van der Waals surface area (Å²) >= 11 is 0. The predicted molar refractivity (Wildman–Crippen MR) is 82.2 cm³/mol. The van der Waals surface area contributed by atoms with E-state index in [9.17, 15) is 4.79 Å². The first-order valence-corrected chi connectivity index (χ1v) is 7.86. The third-order valence-corrected chi connectivity index (χ3v) is 4.12. The highest BCUT2D eigenvalue weighted by Crippen LogP contribution is 2.31. The Balaban J connectivity index is 1.54. The number of hydrogen-bond donors (Lipinski definition) is 1. The lowest BCUT2D eigenvalue weighted by Crippen LogP contribution is -2.47. The molecule has 1 aromatic rings. The quantitative estimate of drug-likeness (QED) is 0.791. The van der Waals surface area contributed by atoms with Crippen molar-refractivity contribution in [2.45, 2.75) is 18.6 Å². The lowest BCUT2D eigenvalue weighted by molar-refractivity contribution is -0.181. The third kappa shape index (κ3) is 3.77. The van der Waals surface area contributed by atoms with Crippen LogP contribution in [0, 0.1) is 0 Å². The fraction of sp³-hybridized carbons (Fsp3) is 0.667. The van der Waals surface area contributed by atoms with Crippen LogP contribution in [0.3, 0.4) is 0 Å². The molecule has 0 atom stereocenters. The molecule has 0 unspecified atom stereocenters. The SMILES string of the molecule is COCCNc1ccc(C(=O)N2CCC3(CC2)OCCO3)nn1. The van der Waals surface area contributed by atoms with Crippen LogP contribution in [0.5, 0.6) is 0 Å². The van der Waals surface area contributed by atoms with Gasteiger partial charge in [0.25, 0.3) is 5.91 Å². The summed E-state index contributed by atoms with van der Waals surface area (Å²) in [6.45, 7) is 3.71. The Kier molecular flexibility index (Phi) is 5.04. The molecule has 2 fully saturated rings. The van der Waals surface area contributed by atoms with E-state index in [-0.39, 0.29) is 5.91 Å². The van der Waals surface area contributed by atoms with E-state index in [1.54, 1.807) is 24.1 Å². The van der Waals surface area contributed by atoms with E-state index in [1.165, 1.54) is 0 Å². The van der Waals surface area contributed by atoms with Gasteiger partial charge in [0, 0.05) is 39.6 Å². The molecule has 1 amide bonds. The fourth-order valence-corrected chi connectivity index (χ4v) is 2.82. The number of piperidine rings is 1. The smallest absolute Gasteiger partial charge is 0.274 e. The summed E-state index contributed by atoms with van der Waals surface area (Å²) in [6.07, 6.45) is 1.39. The van der Waals surface area contributed by atoms with Gasteiger partial charge >= 0.3 is 0 Å². The first kappa shape index (κ1) is 16.1. The molecule has 0 aromatic carbocycles. The monoisotopic (exact) mass is 322 g/mol. The lowest BCUT2D eigenvalue weighted by Gasteiger charge is -2.37. The second-order valence-electron chi connectivity index (χ2n) is 5.62. The number of carbonyl (C=O) groups is 1. The van der Waals surface area contributed by atoms with Gasteiger partial charge in [-0.2, -0.15) is 0 Å². The van der Waals surface area contributed by atoms with Gasteiger partial charge in [-0.3, -0.25) is 4.79 Å².